The number of carboxylic acid groups (broad SMARTS) is 2. The molecule has 0 bridgehead atoms. The fourth-order valence-corrected chi connectivity index (χ4v) is 7.89. The minimum absolute atomic E-state index is 0.0247. The Hall–Kier alpha value is -4.06. The second kappa shape index (κ2) is 43.9. The van der Waals surface area contributed by atoms with Crippen LogP contribution in [-0.2, 0) is 58.9 Å². The molecule has 0 saturated heterocycles. The second-order valence-electron chi connectivity index (χ2n) is 18.4. The van der Waals surface area contributed by atoms with Crippen molar-refractivity contribution in [2.24, 2.45) is 17.8 Å². The van der Waals surface area contributed by atoms with E-state index in [1.807, 2.05) is 6.92 Å². The highest BCUT2D eigenvalue weighted by Gasteiger charge is 2.23. The molecule has 1 heterocycles. The molecule has 0 fully saturated rings. The lowest BCUT2D eigenvalue weighted by atomic mass is 9.91. The second-order valence-corrected chi connectivity index (χ2v) is 18.4. The molecule has 2 amide bonds. The first kappa shape index (κ1) is 63.0. The minimum Gasteiger partial charge on any atom is -0.481 e. The summed E-state index contributed by atoms with van der Waals surface area (Å²) in [7, 11) is 0. The molecule has 17 nitrogen and oxygen atoms in total. The van der Waals surface area contributed by atoms with Gasteiger partial charge in [-0.15, -0.1) is 0 Å². The summed E-state index contributed by atoms with van der Waals surface area (Å²) < 4.78 is 21.6. The minimum atomic E-state index is -1.03. The Morgan fingerprint density at radius 3 is 1.64 bits per heavy atom. The van der Waals surface area contributed by atoms with Gasteiger partial charge < -0.3 is 44.8 Å². The number of carbonyl (C=O) groups is 7. The number of hydrogen-bond donors (Lipinski definition) is 5. The zero-order valence-corrected chi connectivity index (χ0v) is 42.4. The van der Waals surface area contributed by atoms with Crippen molar-refractivity contribution in [3.8, 4) is 0 Å². The van der Waals surface area contributed by atoms with Gasteiger partial charge >= 0.3 is 11.9 Å². The van der Waals surface area contributed by atoms with E-state index in [0.29, 0.717) is 51.7 Å². The van der Waals surface area contributed by atoms with E-state index >= 15 is 0 Å². The van der Waals surface area contributed by atoms with Crippen LogP contribution in [0.3, 0.4) is 0 Å². The van der Waals surface area contributed by atoms with Crippen LogP contribution in [0.4, 0.5) is 0 Å². The number of rotatable bonds is 51. The summed E-state index contributed by atoms with van der Waals surface area (Å²) in [6.07, 6.45) is 26.0. The van der Waals surface area contributed by atoms with Crippen molar-refractivity contribution < 1.29 is 62.7 Å². The van der Waals surface area contributed by atoms with E-state index in [4.69, 9.17) is 18.9 Å². The standard InChI is InChI=1S/C52H90N4O13/c1-3-4-5-6-7-8-9-10-11-12-13-14-15-16-17-22-47(58)37-44(52(64)65)24-26-46(57)23-20-30-66-32-34-68-40-50(61)55-29-31-67-33-35-69-39-49(60)54-28-19-18-21-43(51(62)63)25-27-48(59)42(2)36-45-38-53-41-56-45/h38,41-44H,3-37,39-40H2,1-2H3,(H,53,56)(H,54,60)(H,55,61)(H,62,63)(H,64,65)/t42-,43+,44?/m0/s1. The van der Waals surface area contributed by atoms with Gasteiger partial charge in [-0.05, 0) is 44.9 Å². The predicted octanol–water partition coefficient (Wildman–Crippen LogP) is 8.16. The topological polar surface area (TPSA) is 250 Å². The van der Waals surface area contributed by atoms with Crippen LogP contribution in [0.15, 0.2) is 12.5 Å². The summed E-state index contributed by atoms with van der Waals surface area (Å²) in [5.74, 6) is -4.32. The molecule has 1 aromatic heterocycles. The molecule has 3 atom stereocenters. The maximum Gasteiger partial charge on any atom is 0.306 e. The van der Waals surface area contributed by atoms with Crippen molar-refractivity contribution in [2.75, 3.05) is 65.9 Å². The summed E-state index contributed by atoms with van der Waals surface area (Å²) in [5, 5.41) is 24.6. The maximum absolute atomic E-state index is 12.5. The number of aromatic amines is 1. The average Bonchev–Trinajstić information content (AvgIpc) is 3.84. The highest BCUT2D eigenvalue weighted by molar-refractivity contribution is 5.85. The van der Waals surface area contributed by atoms with Crippen LogP contribution in [0, 0.1) is 17.8 Å². The van der Waals surface area contributed by atoms with E-state index in [9.17, 15) is 43.8 Å². The van der Waals surface area contributed by atoms with Gasteiger partial charge in [0.1, 0.15) is 30.6 Å². The number of aliphatic carboxylic acids is 2. The number of aromatic nitrogens is 2. The lowest BCUT2D eigenvalue weighted by Gasteiger charge is -2.14. The van der Waals surface area contributed by atoms with Crippen LogP contribution >= 0.6 is 0 Å². The SMILES string of the molecule is CCCCCCCCCCCCCCCCCC(=O)CC(CCC(=O)CCCOCCOCC(=O)NCCOCCOCC(=O)NCCCC[C@H](CCC(=O)[C@@H](C)Cc1cnc[nH]1)C(=O)O)C(=O)O. The number of unbranched alkanes of at least 4 members (excludes halogenated alkanes) is 15. The molecule has 17 heteroatoms. The quantitative estimate of drug-likeness (QED) is 0.0387. The van der Waals surface area contributed by atoms with Crippen molar-refractivity contribution in [3.05, 3.63) is 18.2 Å². The number of carbonyl (C=O) groups excluding carboxylic acids is 5. The number of nitrogens with zero attached hydrogens (tertiary/aromatic N) is 1. The summed E-state index contributed by atoms with van der Waals surface area (Å²) in [4.78, 5) is 91.8. The molecule has 0 aliphatic carbocycles. The van der Waals surface area contributed by atoms with Gasteiger partial charge in [0, 0.05) is 69.6 Å². The number of carboxylic acids is 2. The van der Waals surface area contributed by atoms with E-state index in [1.54, 1.807) is 12.5 Å². The molecule has 1 rings (SSSR count). The first-order chi connectivity index (χ1) is 33.4. The Morgan fingerprint density at radius 2 is 1.07 bits per heavy atom. The Bertz CT molecular complexity index is 1510. The number of amides is 2. The highest BCUT2D eigenvalue weighted by atomic mass is 16.5. The van der Waals surface area contributed by atoms with Crippen molar-refractivity contribution in [1.29, 1.82) is 0 Å². The fourth-order valence-electron chi connectivity index (χ4n) is 7.89. The van der Waals surface area contributed by atoms with Crippen LogP contribution in [0.2, 0.25) is 0 Å². The van der Waals surface area contributed by atoms with Gasteiger partial charge in [0.15, 0.2) is 0 Å². The van der Waals surface area contributed by atoms with Crippen LogP contribution < -0.4 is 10.6 Å². The van der Waals surface area contributed by atoms with Crippen LogP contribution in [0.25, 0.3) is 0 Å². The Balaban J connectivity index is 1.93. The van der Waals surface area contributed by atoms with Crippen molar-refractivity contribution in [2.45, 2.75) is 187 Å². The molecule has 0 aliphatic heterocycles. The normalized spacial score (nSPS) is 12.6. The first-order valence-corrected chi connectivity index (χ1v) is 26.3. The molecule has 5 N–H and O–H groups in total. The summed E-state index contributed by atoms with van der Waals surface area (Å²) in [6, 6.07) is 0. The number of H-pyrrole nitrogens is 1. The third-order valence-electron chi connectivity index (χ3n) is 12.2. The molecule has 0 saturated carbocycles. The molecule has 0 aromatic carbocycles. The zero-order valence-electron chi connectivity index (χ0n) is 42.4. The summed E-state index contributed by atoms with van der Waals surface area (Å²) in [5.41, 5.74) is 0.866. The maximum atomic E-state index is 12.5. The predicted molar refractivity (Wildman–Crippen MR) is 264 cm³/mol. The first-order valence-electron chi connectivity index (χ1n) is 26.3. The van der Waals surface area contributed by atoms with Crippen LogP contribution in [-0.4, -0.2) is 127 Å². The summed E-state index contributed by atoms with van der Waals surface area (Å²) >= 11 is 0. The molecular weight excluding hydrogens is 889 g/mol. The van der Waals surface area contributed by atoms with Crippen LogP contribution in [0.1, 0.15) is 186 Å². The average molecular weight is 979 g/mol. The lowest BCUT2D eigenvalue weighted by molar-refractivity contribution is -0.144. The van der Waals surface area contributed by atoms with Gasteiger partial charge in [-0.25, -0.2) is 4.98 Å². The van der Waals surface area contributed by atoms with E-state index in [0.717, 1.165) is 25.0 Å². The smallest absolute Gasteiger partial charge is 0.306 e. The fraction of sp³-hybridized carbons (Fsp3) is 0.808. The lowest BCUT2D eigenvalue weighted by Crippen LogP contribution is -2.31. The van der Waals surface area contributed by atoms with Gasteiger partial charge in [-0.2, -0.15) is 0 Å². The number of nitrogens with one attached hydrogen (secondary N) is 3. The third kappa shape index (κ3) is 38.4. The number of ketones is 3. The van der Waals surface area contributed by atoms with Gasteiger partial charge in [-0.1, -0.05) is 110 Å². The number of imidazole rings is 1. The highest BCUT2D eigenvalue weighted by Crippen LogP contribution is 2.20. The largest absolute Gasteiger partial charge is 0.481 e. The van der Waals surface area contributed by atoms with E-state index in [1.165, 1.54) is 77.0 Å². The number of hydrogen-bond acceptors (Lipinski definition) is 12. The van der Waals surface area contributed by atoms with E-state index < -0.39 is 23.8 Å². The molecule has 0 aliphatic rings. The van der Waals surface area contributed by atoms with E-state index in [-0.39, 0.29) is 126 Å². The number of ether oxygens (including phenoxy) is 4. The van der Waals surface area contributed by atoms with Gasteiger partial charge in [0.25, 0.3) is 0 Å². The van der Waals surface area contributed by atoms with Gasteiger partial charge in [0.05, 0.1) is 51.2 Å². The van der Waals surface area contributed by atoms with Crippen molar-refractivity contribution >= 4 is 41.1 Å². The molecular formula is C52H90N4O13. The zero-order chi connectivity index (χ0) is 50.6. The Labute approximate surface area is 412 Å². The molecule has 1 aromatic rings. The van der Waals surface area contributed by atoms with Gasteiger partial charge in [-0.3, -0.25) is 33.6 Å². The van der Waals surface area contributed by atoms with Crippen molar-refractivity contribution in [3.63, 3.8) is 0 Å². The Morgan fingerprint density at radius 1 is 0.551 bits per heavy atom. The monoisotopic (exact) mass is 979 g/mol. The molecule has 0 spiro atoms. The van der Waals surface area contributed by atoms with E-state index in [2.05, 4.69) is 27.5 Å². The summed E-state index contributed by atoms with van der Waals surface area (Å²) in [6.45, 7) is 5.85. The molecule has 69 heavy (non-hydrogen) atoms. The molecule has 0 radical (unpaired) electrons. The van der Waals surface area contributed by atoms with Crippen LogP contribution in [0.5, 0.6) is 0 Å². The van der Waals surface area contributed by atoms with Crippen molar-refractivity contribution in [1.82, 2.24) is 20.6 Å². The van der Waals surface area contributed by atoms with Gasteiger partial charge in [0.2, 0.25) is 11.8 Å². The third-order valence-corrected chi connectivity index (χ3v) is 12.2. The Kier molecular flexibility index (Phi) is 40.1. The molecule has 1 unspecified atom stereocenters. The number of Topliss-reactive ketones (excluding diaryl/α,β-unsaturated/α-hetero) is 3. The molecule has 396 valence electrons.